The van der Waals surface area contributed by atoms with E-state index in [4.69, 9.17) is 9.47 Å². The number of likely N-dealkylation sites (N-methyl/N-ethyl adjacent to an activating group) is 2. The van der Waals surface area contributed by atoms with Crippen molar-refractivity contribution in [2.75, 3.05) is 60.3 Å². The lowest BCUT2D eigenvalue weighted by molar-refractivity contribution is -0.123. The Morgan fingerprint density at radius 3 is 2.73 bits per heavy atom. The van der Waals surface area contributed by atoms with Gasteiger partial charge in [0, 0.05) is 32.2 Å². The lowest BCUT2D eigenvalue weighted by Crippen LogP contribution is -2.49. The summed E-state index contributed by atoms with van der Waals surface area (Å²) in [5, 5.41) is 3.04. The van der Waals surface area contributed by atoms with Gasteiger partial charge < -0.3 is 19.7 Å². The van der Waals surface area contributed by atoms with Gasteiger partial charge >= 0.3 is 0 Å². The molecule has 7 nitrogen and oxygen atoms in total. The van der Waals surface area contributed by atoms with Crippen molar-refractivity contribution in [3.8, 4) is 11.5 Å². The van der Waals surface area contributed by atoms with Crippen LogP contribution in [0.5, 0.6) is 11.5 Å². The molecule has 0 radical (unpaired) electrons. The highest BCUT2D eigenvalue weighted by Gasteiger charge is 2.18. The van der Waals surface area contributed by atoms with Crippen LogP contribution in [-0.4, -0.2) is 86.9 Å². The van der Waals surface area contributed by atoms with E-state index in [1.165, 1.54) is 5.56 Å². The molecule has 1 aromatic carbocycles. The third kappa shape index (κ3) is 5.09. The molecule has 144 valence electrons. The molecule has 1 aromatic rings. The Bertz CT molecular complexity index is 617. The molecule has 7 heteroatoms. The van der Waals surface area contributed by atoms with E-state index in [2.05, 4.69) is 40.1 Å². The van der Waals surface area contributed by atoms with Crippen molar-refractivity contribution in [3.63, 3.8) is 0 Å². The molecule has 2 aliphatic rings. The number of amides is 1. The Labute approximate surface area is 155 Å². The maximum Gasteiger partial charge on any atom is 0.235 e. The van der Waals surface area contributed by atoms with Crippen molar-refractivity contribution in [3.05, 3.63) is 23.8 Å². The van der Waals surface area contributed by atoms with E-state index in [9.17, 15) is 4.79 Å². The molecule has 0 bridgehead atoms. The number of ether oxygens (including phenoxy) is 2. The minimum atomic E-state index is 0.0942. The van der Waals surface area contributed by atoms with Crippen LogP contribution in [0.15, 0.2) is 18.2 Å². The molecule has 1 amide bonds. The summed E-state index contributed by atoms with van der Waals surface area (Å²) < 4.78 is 10.8. The van der Waals surface area contributed by atoms with E-state index in [0.29, 0.717) is 26.0 Å². The number of benzene rings is 1. The molecule has 0 saturated carbocycles. The highest BCUT2D eigenvalue weighted by Crippen LogP contribution is 2.32. The van der Waals surface area contributed by atoms with Gasteiger partial charge in [-0.2, -0.15) is 0 Å². The van der Waals surface area contributed by atoms with Gasteiger partial charge in [-0.15, -0.1) is 0 Å². The smallest absolute Gasteiger partial charge is 0.235 e. The second-order valence-electron chi connectivity index (χ2n) is 7.34. The molecule has 1 fully saturated rings. The summed E-state index contributed by atoms with van der Waals surface area (Å²) >= 11 is 0. The molecule has 0 aromatic heterocycles. The summed E-state index contributed by atoms with van der Waals surface area (Å²) in [4.78, 5) is 18.8. The molecule has 1 atom stereocenters. The zero-order chi connectivity index (χ0) is 18.5. The van der Waals surface area contributed by atoms with E-state index in [1.54, 1.807) is 0 Å². The number of carbonyl (C=O) groups excluding carboxylic acids is 1. The van der Waals surface area contributed by atoms with Crippen LogP contribution < -0.4 is 14.8 Å². The van der Waals surface area contributed by atoms with Crippen molar-refractivity contribution in [1.29, 1.82) is 0 Å². The molecule has 3 rings (SSSR count). The van der Waals surface area contributed by atoms with Crippen LogP contribution in [-0.2, 0) is 11.2 Å². The van der Waals surface area contributed by atoms with Crippen molar-refractivity contribution >= 4 is 5.91 Å². The Kier molecular flexibility index (Phi) is 6.34. The van der Waals surface area contributed by atoms with E-state index < -0.39 is 0 Å². The number of nitrogens with zero attached hydrogens (tertiary/aromatic N) is 3. The number of hydrogen-bond donors (Lipinski definition) is 1. The van der Waals surface area contributed by atoms with E-state index >= 15 is 0 Å². The van der Waals surface area contributed by atoms with Crippen LogP contribution in [0, 0.1) is 0 Å². The standard InChI is InChI=1S/C19H30N4O3/c1-15(10-16-4-5-17-18(11-16)26-14-25-17)22(3)13-20-19(24)12-23-8-6-21(2)7-9-23/h4-5,11,15H,6-10,12-14H2,1-3H3,(H,20,24). The first-order valence-corrected chi connectivity index (χ1v) is 9.27. The lowest BCUT2D eigenvalue weighted by Gasteiger charge is -2.32. The third-order valence-corrected chi connectivity index (χ3v) is 5.21. The molecule has 1 unspecified atom stereocenters. The first kappa shape index (κ1) is 18.9. The normalized spacial score (nSPS) is 18.9. The Morgan fingerprint density at radius 1 is 1.23 bits per heavy atom. The highest BCUT2D eigenvalue weighted by molar-refractivity contribution is 5.77. The third-order valence-electron chi connectivity index (χ3n) is 5.21. The first-order chi connectivity index (χ1) is 12.5. The van der Waals surface area contributed by atoms with Gasteiger partial charge in [-0.05, 0) is 45.1 Å². The fraction of sp³-hybridized carbons (Fsp3) is 0.632. The van der Waals surface area contributed by atoms with E-state index in [0.717, 1.165) is 44.1 Å². The Morgan fingerprint density at radius 2 is 1.96 bits per heavy atom. The lowest BCUT2D eigenvalue weighted by atomic mass is 10.1. The van der Waals surface area contributed by atoms with Crippen LogP contribution in [0.4, 0.5) is 0 Å². The maximum atomic E-state index is 12.2. The summed E-state index contributed by atoms with van der Waals surface area (Å²) in [5.41, 5.74) is 1.21. The number of rotatable bonds is 7. The second-order valence-corrected chi connectivity index (χ2v) is 7.34. The highest BCUT2D eigenvalue weighted by atomic mass is 16.7. The number of hydrogen-bond acceptors (Lipinski definition) is 6. The number of nitrogens with one attached hydrogen (secondary N) is 1. The monoisotopic (exact) mass is 362 g/mol. The summed E-state index contributed by atoms with van der Waals surface area (Å²) in [6, 6.07) is 6.38. The molecule has 0 aliphatic carbocycles. The Hall–Kier alpha value is -1.83. The number of fused-ring (bicyclic) bond motifs is 1. The minimum absolute atomic E-state index is 0.0942. The summed E-state index contributed by atoms with van der Waals surface area (Å²) in [6.45, 7) is 7.47. The molecule has 1 N–H and O–H groups in total. The van der Waals surface area contributed by atoms with Gasteiger partial charge in [0.05, 0.1) is 13.2 Å². The zero-order valence-corrected chi connectivity index (χ0v) is 16.0. The zero-order valence-electron chi connectivity index (χ0n) is 16.0. The van der Waals surface area contributed by atoms with Crippen molar-refractivity contribution in [2.45, 2.75) is 19.4 Å². The molecule has 0 spiro atoms. The average Bonchev–Trinajstić information content (AvgIpc) is 3.09. The van der Waals surface area contributed by atoms with Crippen LogP contribution >= 0.6 is 0 Å². The van der Waals surface area contributed by atoms with Gasteiger partial charge in [-0.1, -0.05) is 6.07 Å². The molecule has 1 saturated heterocycles. The number of carbonyl (C=O) groups is 1. The molecular formula is C19H30N4O3. The predicted octanol–water partition coefficient (Wildman–Crippen LogP) is 0.599. The van der Waals surface area contributed by atoms with Crippen LogP contribution in [0.2, 0.25) is 0 Å². The van der Waals surface area contributed by atoms with Gasteiger partial charge in [0.25, 0.3) is 0 Å². The maximum absolute atomic E-state index is 12.2. The molecule has 26 heavy (non-hydrogen) atoms. The SMILES string of the molecule is CC(Cc1ccc2c(c1)OCO2)N(C)CNC(=O)CN1CCN(C)CC1. The van der Waals surface area contributed by atoms with Crippen molar-refractivity contribution < 1.29 is 14.3 Å². The average molecular weight is 362 g/mol. The summed E-state index contributed by atoms with van der Waals surface area (Å²) in [5.74, 6) is 1.72. The molecular weight excluding hydrogens is 332 g/mol. The molecule has 2 heterocycles. The minimum Gasteiger partial charge on any atom is -0.454 e. The second kappa shape index (κ2) is 8.70. The first-order valence-electron chi connectivity index (χ1n) is 9.27. The van der Waals surface area contributed by atoms with Gasteiger partial charge in [0.15, 0.2) is 11.5 Å². The Balaban J connectivity index is 1.39. The predicted molar refractivity (Wildman–Crippen MR) is 100 cm³/mol. The largest absolute Gasteiger partial charge is 0.454 e. The van der Waals surface area contributed by atoms with Gasteiger partial charge in [-0.25, -0.2) is 0 Å². The van der Waals surface area contributed by atoms with E-state index in [-0.39, 0.29) is 5.91 Å². The van der Waals surface area contributed by atoms with Crippen LogP contribution in [0.1, 0.15) is 12.5 Å². The van der Waals surface area contributed by atoms with Gasteiger partial charge in [-0.3, -0.25) is 14.6 Å². The molecule has 2 aliphatic heterocycles. The fourth-order valence-electron chi connectivity index (χ4n) is 3.20. The quantitative estimate of drug-likeness (QED) is 0.717. The van der Waals surface area contributed by atoms with E-state index in [1.807, 2.05) is 19.2 Å². The van der Waals surface area contributed by atoms with Crippen LogP contribution in [0.3, 0.4) is 0 Å². The van der Waals surface area contributed by atoms with Gasteiger partial charge in [0.2, 0.25) is 12.7 Å². The van der Waals surface area contributed by atoms with Crippen molar-refractivity contribution in [1.82, 2.24) is 20.0 Å². The fourth-order valence-corrected chi connectivity index (χ4v) is 3.20. The van der Waals surface area contributed by atoms with Crippen LogP contribution in [0.25, 0.3) is 0 Å². The summed E-state index contributed by atoms with van der Waals surface area (Å²) in [6.07, 6.45) is 0.890. The topological polar surface area (TPSA) is 57.3 Å². The number of piperazine rings is 1. The summed E-state index contributed by atoms with van der Waals surface area (Å²) in [7, 11) is 4.15. The van der Waals surface area contributed by atoms with Gasteiger partial charge in [0.1, 0.15) is 0 Å². The van der Waals surface area contributed by atoms with Crippen molar-refractivity contribution in [2.24, 2.45) is 0 Å².